The molecule has 10 heteroatoms. The first-order valence-electron chi connectivity index (χ1n) is 25.0. The Labute approximate surface area is 434 Å². The molecule has 9 aromatic carbocycles. The molecule has 76 heavy (non-hydrogen) atoms. The van der Waals surface area contributed by atoms with Gasteiger partial charge < -0.3 is 0 Å². The van der Waals surface area contributed by atoms with Crippen LogP contribution in [0.2, 0.25) is 0 Å². The van der Waals surface area contributed by atoms with Crippen LogP contribution < -0.4 is 0 Å². The van der Waals surface area contributed by atoms with Crippen LogP contribution in [0.1, 0.15) is 0 Å². The van der Waals surface area contributed by atoms with E-state index in [-0.39, 0.29) is 0 Å². The van der Waals surface area contributed by atoms with Crippen molar-refractivity contribution in [2.24, 2.45) is 0 Å². The smallest absolute Gasteiger partial charge is 0.202 e. The maximum absolute atomic E-state index is 5.41. The summed E-state index contributed by atoms with van der Waals surface area (Å²) in [6.45, 7) is 0. The molecule has 0 spiro atoms. The lowest BCUT2D eigenvalue weighted by molar-refractivity contribution is 1.00. The van der Waals surface area contributed by atoms with Crippen LogP contribution in [0.4, 0.5) is 0 Å². The van der Waals surface area contributed by atoms with E-state index in [0.717, 1.165) is 120 Å². The third-order valence-corrected chi connectivity index (χ3v) is 14.2. The van der Waals surface area contributed by atoms with Crippen LogP contribution >= 0.6 is 0 Å². The van der Waals surface area contributed by atoms with E-state index < -0.39 is 0 Å². The summed E-state index contributed by atoms with van der Waals surface area (Å²) in [6.07, 6.45) is 7.28. The molecule has 0 N–H and O–H groups in total. The molecule has 0 atom stereocenters. The topological polar surface area (TPSA) is 129 Å². The number of fused-ring (bicyclic) bond motifs is 9. The van der Waals surface area contributed by atoms with Crippen molar-refractivity contribution < 1.29 is 0 Å². The third-order valence-electron chi connectivity index (χ3n) is 14.2. The van der Waals surface area contributed by atoms with E-state index in [9.17, 15) is 0 Å². The zero-order valence-corrected chi connectivity index (χ0v) is 40.4. The summed E-state index contributed by atoms with van der Waals surface area (Å²) < 4.78 is 0. The molecule has 0 unspecified atom stereocenters. The van der Waals surface area contributed by atoms with Crippen LogP contribution in [0.3, 0.4) is 0 Å². The molecule has 0 amide bonds. The van der Waals surface area contributed by atoms with Gasteiger partial charge in [-0.25, -0.2) is 29.9 Å². The number of hydrogen-bond acceptors (Lipinski definition) is 10. The van der Waals surface area contributed by atoms with Gasteiger partial charge in [-0.15, -0.1) is 0 Å². The Bertz CT molecular complexity index is 4630. The maximum atomic E-state index is 5.41. The van der Waals surface area contributed by atoms with Gasteiger partial charge in [-0.1, -0.05) is 133 Å². The zero-order valence-electron chi connectivity index (χ0n) is 40.4. The summed E-state index contributed by atoms with van der Waals surface area (Å²) >= 11 is 0. The van der Waals surface area contributed by atoms with Crippen LogP contribution in [0.5, 0.6) is 0 Å². The first-order chi connectivity index (χ1) is 37.6. The fraction of sp³-hybridized carbons (Fsp3) is 0. The predicted octanol–water partition coefficient (Wildman–Crippen LogP) is 15.4. The van der Waals surface area contributed by atoms with Gasteiger partial charge >= 0.3 is 0 Å². The minimum atomic E-state index is 0.296. The molecule has 352 valence electrons. The molecule has 0 fully saturated rings. The Hall–Kier alpha value is -10.6. The average Bonchev–Trinajstić information content (AvgIpc) is 3.51. The molecule has 0 saturated heterocycles. The van der Waals surface area contributed by atoms with Crippen molar-refractivity contribution in [1.82, 2.24) is 49.8 Å². The lowest BCUT2D eigenvalue weighted by Crippen LogP contribution is -2.06. The Morgan fingerprint density at radius 1 is 0.197 bits per heavy atom. The molecule has 6 aromatic heterocycles. The highest BCUT2D eigenvalue weighted by Crippen LogP contribution is 2.41. The van der Waals surface area contributed by atoms with E-state index in [2.05, 4.69) is 146 Å². The Morgan fingerprint density at radius 3 is 0.921 bits per heavy atom. The highest BCUT2D eigenvalue weighted by atomic mass is 15.1. The third kappa shape index (κ3) is 7.51. The zero-order chi connectivity index (χ0) is 50.1. The fourth-order valence-electron chi connectivity index (χ4n) is 10.6. The van der Waals surface area contributed by atoms with E-state index in [4.69, 9.17) is 49.8 Å². The molecular weight excluding hydrogens is 933 g/mol. The maximum Gasteiger partial charge on any atom is 0.202 e. The average molecular weight is 971 g/mol. The van der Waals surface area contributed by atoms with Gasteiger partial charge in [0.25, 0.3) is 0 Å². The largest absolute Gasteiger partial charge is 0.254 e. The molecule has 6 heterocycles. The van der Waals surface area contributed by atoms with Gasteiger partial charge in [0, 0.05) is 68.6 Å². The first kappa shape index (κ1) is 43.0. The quantitative estimate of drug-likeness (QED) is 0.142. The Morgan fingerprint density at radius 2 is 0.513 bits per heavy atom. The van der Waals surface area contributed by atoms with Crippen LogP contribution in [-0.4, -0.2) is 49.8 Å². The van der Waals surface area contributed by atoms with Gasteiger partial charge in [0.1, 0.15) is 0 Å². The molecule has 0 aliphatic heterocycles. The van der Waals surface area contributed by atoms with Crippen molar-refractivity contribution in [3.05, 3.63) is 231 Å². The highest BCUT2D eigenvalue weighted by Gasteiger charge is 2.22. The summed E-state index contributed by atoms with van der Waals surface area (Å²) in [5.74, 6) is 2.50. The minimum Gasteiger partial charge on any atom is -0.254 e. The molecule has 0 aliphatic carbocycles. The second kappa shape index (κ2) is 17.6. The van der Waals surface area contributed by atoms with Gasteiger partial charge in [0.2, 0.25) is 11.6 Å². The molecule has 15 aromatic rings. The standard InChI is InChI=1S/C66H38N10/c1-4-14-42-31-47(24-21-39(42)11-1)61-71-62(48-25-22-40-12-2-5-15-43(40)32-48)74-65(73-61)66-75-63(49-26-23-41-13-3-6-16-44(41)33-49)72-64(76-66)52-35-50(55-37-45-17-7-27-67-57(45)59-53(55)19-9-29-69-59)34-51(36-52)56-38-46-18-8-28-68-58(46)60-54(56)20-10-30-70-60/h1-38H. The summed E-state index contributed by atoms with van der Waals surface area (Å²) in [5.41, 5.74) is 10.4. The van der Waals surface area contributed by atoms with E-state index in [1.165, 1.54) is 0 Å². The van der Waals surface area contributed by atoms with Crippen molar-refractivity contribution >= 4 is 75.9 Å². The normalized spacial score (nSPS) is 11.7. The van der Waals surface area contributed by atoms with Crippen molar-refractivity contribution in [3.63, 3.8) is 0 Å². The fourth-order valence-corrected chi connectivity index (χ4v) is 10.6. The Balaban J connectivity index is 1.01. The predicted molar refractivity (Wildman–Crippen MR) is 305 cm³/mol. The molecule has 0 saturated carbocycles. The first-order valence-corrected chi connectivity index (χ1v) is 25.0. The summed E-state index contributed by atoms with van der Waals surface area (Å²) in [5, 5.41) is 10.4. The van der Waals surface area contributed by atoms with Crippen molar-refractivity contribution in [1.29, 1.82) is 0 Å². The second-order valence-electron chi connectivity index (χ2n) is 18.9. The number of benzene rings is 9. The monoisotopic (exact) mass is 970 g/mol. The van der Waals surface area contributed by atoms with Crippen LogP contribution in [0.25, 0.3) is 155 Å². The molecule has 0 radical (unpaired) electrons. The number of nitrogens with zero attached hydrogens (tertiary/aromatic N) is 10. The van der Waals surface area contributed by atoms with Crippen molar-refractivity contribution in [2.75, 3.05) is 0 Å². The van der Waals surface area contributed by atoms with Crippen LogP contribution in [0, 0.1) is 0 Å². The summed E-state index contributed by atoms with van der Waals surface area (Å²) in [6, 6.07) is 70.9. The summed E-state index contributed by atoms with van der Waals surface area (Å²) in [7, 11) is 0. The van der Waals surface area contributed by atoms with E-state index in [1.807, 2.05) is 85.5 Å². The molecule has 0 aliphatic rings. The number of pyridine rings is 4. The summed E-state index contributed by atoms with van der Waals surface area (Å²) in [4.78, 5) is 51.1. The number of aromatic nitrogens is 10. The Kier molecular flexibility index (Phi) is 9.95. The molecule has 0 bridgehead atoms. The van der Waals surface area contributed by atoms with E-state index in [1.54, 1.807) is 0 Å². The van der Waals surface area contributed by atoms with Gasteiger partial charge in [-0.05, 0) is 127 Å². The van der Waals surface area contributed by atoms with E-state index in [0.29, 0.717) is 34.9 Å². The minimum absolute atomic E-state index is 0.296. The van der Waals surface area contributed by atoms with Gasteiger partial charge in [0.05, 0.1) is 22.1 Å². The number of rotatable bonds is 7. The van der Waals surface area contributed by atoms with Gasteiger partial charge in [0.15, 0.2) is 23.3 Å². The van der Waals surface area contributed by atoms with Crippen molar-refractivity contribution in [3.8, 4) is 79.5 Å². The molecular formula is C66H38N10. The molecule has 10 nitrogen and oxygen atoms in total. The second-order valence-corrected chi connectivity index (χ2v) is 18.9. The molecule has 15 rings (SSSR count). The van der Waals surface area contributed by atoms with E-state index >= 15 is 0 Å². The van der Waals surface area contributed by atoms with Crippen LogP contribution in [0.15, 0.2) is 231 Å². The highest BCUT2D eigenvalue weighted by molar-refractivity contribution is 6.13. The lowest BCUT2D eigenvalue weighted by atomic mass is 9.91. The van der Waals surface area contributed by atoms with Crippen molar-refractivity contribution in [2.45, 2.75) is 0 Å². The van der Waals surface area contributed by atoms with Gasteiger partial charge in [-0.2, -0.15) is 0 Å². The van der Waals surface area contributed by atoms with Crippen LogP contribution in [-0.2, 0) is 0 Å². The SMILES string of the molecule is c1ccc2cc(-c3nc(-c4cc(-c5cc6cccnc6c6ncccc56)cc(-c5cc6cccnc6c6ncccc56)c4)nc(-c4nc(-c5ccc6ccccc6c5)nc(-c5ccc6ccccc6c5)n4)n3)ccc2c1. The number of hydrogen-bond donors (Lipinski definition) is 0. The lowest BCUT2D eigenvalue weighted by Gasteiger charge is -2.16. The van der Waals surface area contributed by atoms with Gasteiger partial charge in [-0.3, -0.25) is 19.9 Å².